The number of nitrogens with zero attached hydrogens (tertiary/aromatic N) is 3. The van der Waals surface area contributed by atoms with E-state index in [4.69, 9.17) is 12.2 Å². The van der Waals surface area contributed by atoms with E-state index in [2.05, 4.69) is 12.1 Å². The van der Waals surface area contributed by atoms with Gasteiger partial charge in [-0.1, -0.05) is 53.9 Å². The molecule has 5 nitrogen and oxygen atoms in total. The van der Waals surface area contributed by atoms with Gasteiger partial charge in [-0.15, -0.1) is 23.1 Å². The molecule has 10 heteroatoms. The van der Waals surface area contributed by atoms with Gasteiger partial charge in [0.15, 0.2) is 0 Å². The molecule has 1 fully saturated rings. The monoisotopic (exact) mass is 507 g/mol. The van der Waals surface area contributed by atoms with Crippen LogP contribution in [-0.2, 0) is 11.3 Å². The summed E-state index contributed by atoms with van der Waals surface area (Å²) in [6, 6.07) is 10.1. The van der Waals surface area contributed by atoms with Crippen LogP contribution in [0.1, 0.15) is 13.8 Å². The maximum Gasteiger partial charge on any atom is 0.271 e. The zero-order valence-electron chi connectivity index (χ0n) is 17.3. The Morgan fingerprint density at radius 1 is 1.16 bits per heavy atom. The van der Waals surface area contributed by atoms with Crippen molar-refractivity contribution in [2.75, 3.05) is 19.3 Å². The number of amides is 1. The van der Waals surface area contributed by atoms with Crippen molar-refractivity contribution in [2.24, 2.45) is 0 Å². The summed E-state index contributed by atoms with van der Waals surface area (Å²) in [4.78, 5) is 31.7. The molecular formula is C21H21N3O2S5. The summed E-state index contributed by atoms with van der Waals surface area (Å²) in [6.45, 7) is 4.99. The van der Waals surface area contributed by atoms with Crippen molar-refractivity contribution in [3.05, 3.63) is 61.0 Å². The topological polar surface area (TPSA) is 45.6 Å². The minimum Gasteiger partial charge on any atom is -0.341 e. The molecule has 1 aromatic heterocycles. The summed E-state index contributed by atoms with van der Waals surface area (Å²) in [5.74, 6) is 0.648. The molecule has 0 spiro atoms. The highest BCUT2D eigenvalue weighted by Crippen LogP contribution is 2.34. The van der Waals surface area contributed by atoms with Crippen LogP contribution in [-0.4, -0.2) is 43.9 Å². The third-order valence-electron chi connectivity index (χ3n) is 4.94. The van der Waals surface area contributed by atoms with Gasteiger partial charge in [-0.3, -0.25) is 19.1 Å². The molecule has 0 bridgehead atoms. The lowest BCUT2D eigenvalue weighted by Gasteiger charge is -2.13. The molecule has 4 rings (SSSR count). The fourth-order valence-electron chi connectivity index (χ4n) is 3.16. The Morgan fingerprint density at radius 2 is 1.90 bits per heavy atom. The SMILES string of the molecule is CCn1c(=O)/c(=C2/SC=C(C)N2C)s/c1=C1\SC(=S)N(CCSc2ccccc2)C1=O. The number of hydrogen-bond donors (Lipinski definition) is 0. The molecule has 1 amide bonds. The van der Waals surface area contributed by atoms with Crippen LogP contribution in [0.2, 0.25) is 0 Å². The zero-order valence-corrected chi connectivity index (χ0v) is 21.4. The van der Waals surface area contributed by atoms with E-state index in [-0.39, 0.29) is 11.5 Å². The van der Waals surface area contributed by atoms with Crippen molar-refractivity contribution in [3.63, 3.8) is 0 Å². The summed E-state index contributed by atoms with van der Waals surface area (Å²) < 4.78 is 3.61. The second kappa shape index (κ2) is 9.58. The molecule has 31 heavy (non-hydrogen) atoms. The molecule has 2 aliphatic heterocycles. The van der Waals surface area contributed by atoms with E-state index in [1.165, 1.54) is 28.0 Å². The van der Waals surface area contributed by atoms with Crippen molar-refractivity contribution in [1.82, 2.24) is 14.4 Å². The second-order valence-electron chi connectivity index (χ2n) is 6.84. The summed E-state index contributed by atoms with van der Waals surface area (Å²) >= 11 is 11.4. The molecule has 0 atom stereocenters. The van der Waals surface area contributed by atoms with E-state index >= 15 is 0 Å². The number of benzene rings is 1. The molecule has 2 aromatic rings. The highest BCUT2D eigenvalue weighted by Gasteiger charge is 2.34. The number of thiazole rings is 1. The molecule has 0 aliphatic carbocycles. The van der Waals surface area contributed by atoms with E-state index in [0.717, 1.165) is 16.5 Å². The number of carbonyl (C=O) groups excluding carboxylic acids is 1. The summed E-state index contributed by atoms with van der Waals surface area (Å²) in [5.41, 5.74) is 1.05. The van der Waals surface area contributed by atoms with Gasteiger partial charge in [0.05, 0.1) is 0 Å². The largest absolute Gasteiger partial charge is 0.341 e. The van der Waals surface area contributed by atoms with Crippen LogP contribution < -0.4 is 14.8 Å². The zero-order chi connectivity index (χ0) is 22.1. The highest BCUT2D eigenvalue weighted by atomic mass is 32.2. The van der Waals surface area contributed by atoms with Gasteiger partial charge in [0.1, 0.15) is 23.4 Å². The third-order valence-corrected chi connectivity index (χ3v) is 9.98. The Morgan fingerprint density at radius 3 is 2.55 bits per heavy atom. The molecule has 0 unspecified atom stereocenters. The fraction of sp³-hybridized carbons (Fsp3) is 0.286. The predicted molar refractivity (Wildman–Crippen MR) is 138 cm³/mol. The normalized spacial score (nSPS) is 20.2. The fourth-order valence-corrected chi connectivity index (χ4v) is 7.87. The summed E-state index contributed by atoms with van der Waals surface area (Å²) in [5, 5.41) is 2.95. The Kier molecular flexibility index (Phi) is 7.02. The lowest BCUT2D eigenvalue weighted by atomic mass is 10.4. The van der Waals surface area contributed by atoms with Crippen LogP contribution in [0.4, 0.5) is 0 Å². The van der Waals surface area contributed by atoms with Crippen LogP contribution in [0.5, 0.6) is 0 Å². The van der Waals surface area contributed by atoms with Gasteiger partial charge in [-0.25, -0.2) is 0 Å². The van der Waals surface area contributed by atoms with E-state index in [1.54, 1.807) is 33.0 Å². The van der Waals surface area contributed by atoms with Gasteiger partial charge >= 0.3 is 0 Å². The first kappa shape index (κ1) is 22.7. The lowest BCUT2D eigenvalue weighted by molar-refractivity contribution is -0.120. The Labute approximate surface area is 202 Å². The highest BCUT2D eigenvalue weighted by molar-refractivity contribution is 8.30. The Balaban J connectivity index is 1.66. The lowest BCUT2D eigenvalue weighted by Crippen LogP contribution is -2.35. The molecule has 0 saturated carbocycles. The van der Waals surface area contributed by atoms with E-state index < -0.39 is 0 Å². The first-order valence-electron chi connectivity index (χ1n) is 9.69. The second-order valence-corrected chi connectivity index (χ2v) is 11.5. The van der Waals surface area contributed by atoms with Gasteiger partial charge in [0.2, 0.25) is 0 Å². The molecular weight excluding hydrogens is 487 g/mol. The summed E-state index contributed by atoms with van der Waals surface area (Å²) in [6.07, 6.45) is 0. The molecule has 1 saturated heterocycles. The molecule has 0 N–H and O–H groups in total. The van der Waals surface area contributed by atoms with E-state index in [1.807, 2.05) is 49.4 Å². The average Bonchev–Trinajstić information content (AvgIpc) is 3.37. The molecule has 162 valence electrons. The molecule has 3 heterocycles. The minimum atomic E-state index is -0.106. The molecule has 2 aliphatic rings. The van der Waals surface area contributed by atoms with Crippen LogP contribution in [0.15, 0.2) is 51.1 Å². The smallest absolute Gasteiger partial charge is 0.271 e. The van der Waals surface area contributed by atoms with Crippen molar-refractivity contribution >= 4 is 79.0 Å². The van der Waals surface area contributed by atoms with Crippen molar-refractivity contribution in [3.8, 4) is 0 Å². The Hall–Kier alpha value is -1.46. The number of carbonyl (C=O) groups is 1. The van der Waals surface area contributed by atoms with Crippen LogP contribution in [0.3, 0.4) is 0 Å². The van der Waals surface area contributed by atoms with Crippen LogP contribution >= 0.6 is 58.8 Å². The first-order valence-corrected chi connectivity index (χ1v) is 13.6. The van der Waals surface area contributed by atoms with Gasteiger partial charge in [-0.2, -0.15) is 0 Å². The number of aromatic nitrogens is 1. The van der Waals surface area contributed by atoms with E-state index in [9.17, 15) is 9.59 Å². The Bertz CT molecular complexity index is 1250. The van der Waals surface area contributed by atoms with Crippen molar-refractivity contribution in [2.45, 2.75) is 25.3 Å². The van der Waals surface area contributed by atoms with Crippen molar-refractivity contribution in [1.29, 1.82) is 0 Å². The van der Waals surface area contributed by atoms with E-state index in [0.29, 0.717) is 31.5 Å². The number of thiocarbonyl (C=S) groups is 1. The predicted octanol–water partition coefficient (Wildman–Crippen LogP) is 3.30. The number of allylic oxidation sites excluding steroid dienone is 1. The van der Waals surface area contributed by atoms with Gasteiger partial charge in [0.25, 0.3) is 11.5 Å². The third kappa shape index (κ3) is 4.41. The maximum absolute atomic E-state index is 13.2. The molecule has 0 radical (unpaired) electrons. The average molecular weight is 508 g/mol. The number of rotatable bonds is 5. The number of thioether (sulfide) groups is 3. The van der Waals surface area contributed by atoms with Gasteiger partial charge in [0, 0.05) is 36.5 Å². The van der Waals surface area contributed by atoms with Crippen molar-refractivity contribution < 1.29 is 4.79 Å². The minimum absolute atomic E-state index is 0.0511. The summed E-state index contributed by atoms with van der Waals surface area (Å²) in [7, 11) is 1.96. The first-order chi connectivity index (χ1) is 14.9. The molecule has 1 aromatic carbocycles. The van der Waals surface area contributed by atoms with Crippen LogP contribution in [0.25, 0.3) is 9.93 Å². The van der Waals surface area contributed by atoms with Gasteiger partial charge in [-0.05, 0) is 31.4 Å². The standard InChI is InChI=1S/C21H21N3O2S5/c1-4-23-17(25)15(19-22(3)13(2)12-29-19)30-20(23)16-18(26)24(21(27)31-16)10-11-28-14-8-6-5-7-9-14/h5-9,12H,4,10-11H2,1-3H3/b19-15-,20-16-. The maximum atomic E-state index is 13.2. The van der Waals surface area contributed by atoms with Gasteiger partial charge < -0.3 is 4.90 Å². The van der Waals surface area contributed by atoms with Crippen LogP contribution in [0, 0.1) is 0 Å². The number of hydrogen-bond acceptors (Lipinski definition) is 8. The quantitative estimate of drug-likeness (QED) is 0.455.